The highest BCUT2D eigenvalue weighted by molar-refractivity contribution is 5.53. The SMILES string of the molecule is COc1cc(CN2CCOC(Cc3ccccc3)C2)cc(OC)c1OC. The van der Waals surface area contributed by atoms with Crippen molar-refractivity contribution in [2.45, 2.75) is 19.1 Å². The monoisotopic (exact) mass is 357 g/mol. The molecule has 0 amide bonds. The first kappa shape index (κ1) is 18.5. The smallest absolute Gasteiger partial charge is 0.203 e. The Kier molecular flexibility index (Phi) is 6.36. The van der Waals surface area contributed by atoms with Gasteiger partial charge in [0.1, 0.15) is 0 Å². The summed E-state index contributed by atoms with van der Waals surface area (Å²) < 4.78 is 22.3. The first-order chi connectivity index (χ1) is 12.7. The fourth-order valence-electron chi connectivity index (χ4n) is 3.41. The van der Waals surface area contributed by atoms with Gasteiger partial charge in [-0.2, -0.15) is 0 Å². The van der Waals surface area contributed by atoms with Crippen LogP contribution in [0.2, 0.25) is 0 Å². The zero-order chi connectivity index (χ0) is 18.4. The summed E-state index contributed by atoms with van der Waals surface area (Å²) in [6.07, 6.45) is 1.15. The predicted molar refractivity (Wildman–Crippen MR) is 101 cm³/mol. The summed E-state index contributed by atoms with van der Waals surface area (Å²) in [7, 11) is 4.91. The molecule has 2 aromatic rings. The zero-order valence-corrected chi connectivity index (χ0v) is 15.7. The standard InChI is InChI=1S/C21H27NO4/c1-23-19-12-17(13-20(24-2)21(19)25-3)14-22-9-10-26-18(15-22)11-16-7-5-4-6-8-16/h4-8,12-13,18H,9-11,14-15H2,1-3H3. The number of benzene rings is 2. The minimum absolute atomic E-state index is 0.216. The topological polar surface area (TPSA) is 40.2 Å². The molecule has 1 aliphatic heterocycles. The van der Waals surface area contributed by atoms with E-state index in [-0.39, 0.29) is 6.10 Å². The quantitative estimate of drug-likeness (QED) is 0.761. The van der Waals surface area contributed by atoms with Gasteiger partial charge in [0.05, 0.1) is 34.0 Å². The summed E-state index contributed by atoms with van der Waals surface area (Å²) in [5.41, 5.74) is 2.45. The molecule has 0 aliphatic carbocycles. The molecule has 0 N–H and O–H groups in total. The molecular weight excluding hydrogens is 330 g/mol. The van der Waals surface area contributed by atoms with Gasteiger partial charge in [0.25, 0.3) is 0 Å². The van der Waals surface area contributed by atoms with Crippen molar-refractivity contribution in [1.82, 2.24) is 4.90 Å². The maximum atomic E-state index is 5.97. The average Bonchev–Trinajstić information content (AvgIpc) is 2.68. The molecule has 0 aromatic heterocycles. The van der Waals surface area contributed by atoms with Crippen LogP contribution in [0.1, 0.15) is 11.1 Å². The third kappa shape index (κ3) is 4.48. The Bertz CT molecular complexity index is 679. The molecule has 0 bridgehead atoms. The van der Waals surface area contributed by atoms with Crippen LogP contribution in [0.3, 0.4) is 0 Å². The summed E-state index contributed by atoms with van der Waals surface area (Å²) in [4.78, 5) is 2.41. The molecule has 1 heterocycles. The molecule has 5 heteroatoms. The van der Waals surface area contributed by atoms with E-state index in [4.69, 9.17) is 18.9 Å². The van der Waals surface area contributed by atoms with E-state index >= 15 is 0 Å². The fraction of sp³-hybridized carbons (Fsp3) is 0.429. The first-order valence-corrected chi connectivity index (χ1v) is 8.90. The van der Waals surface area contributed by atoms with Crippen molar-refractivity contribution in [2.24, 2.45) is 0 Å². The van der Waals surface area contributed by atoms with Crippen molar-refractivity contribution in [3.63, 3.8) is 0 Å². The average molecular weight is 357 g/mol. The second kappa shape index (κ2) is 8.92. The van der Waals surface area contributed by atoms with Crippen LogP contribution in [0.4, 0.5) is 0 Å². The Morgan fingerprint density at radius 3 is 2.27 bits per heavy atom. The number of nitrogens with zero attached hydrogens (tertiary/aromatic N) is 1. The lowest BCUT2D eigenvalue weighted by atomic mass is 10.1. The van der Waals surface area contributed by atoms with E-state index in [1.165, 1.54) is 5.56 Å². The van der Waals surface area contributed by atoms with Crippen LogP contribution >= 0.6 is 0 Å². The Balaban J connectivity index is 1.68. The molecule has 2 aromatic carbocycles. The van der Waals surface area contributed by atoms with Gasteiger partial charge in [0, 0.05) is 19.6 Å². The number of methoxy groups -OCH3 is 3. The molecule has 1 saturated heterocycles. The summed E-state index contributed by atoms with van der Waals surface area (Å²) in [6, 6.07) is 14.5. The molecule has 1 unspecified atom stereocenters. The van der Waals surface area contributed by atoms with Crippen LogP contribution in [0.5, 0.6) is 17.2 Å². The molecular formula is C21H27NO4. The van der Waals surface area contributed by atoms with Crippen LogP contribution in [0.25, 0.3) is 0 Å². The van der Waals surface area contributed by atoms with Gasteiger partial charge in [-0.05, 0) is 29.7 Å². The lowest BCUT2D eigenvalue weighted by Gasteiger charge is -2.33. The second-order valence-electron chi connectivity index (χ2n) is 6.45. The van der Waals surface area contributed by atoms with Crippen LogP contribution in [-0.2, 0) is 17.7 Å². The summed E-state index contributed by atoms with van der Waals surface area (Å²) in [5, 5.41) is 0. The number of ether oxygens (including phenoxy) is 4. The van der Waals surface area contributed by atoms with Gasteiger partial charge in [-0.25, -0.2) is 0 Å². The van der Waals surface area contributed by atoms with Gasteiger partial charge in [-0.1, -0.05) is 30.3 Å². The largest absolute Gasteiger partial charge is 0.493 e. The molecule has 5 nitrogen and oxygen atoms in total. The van der Waals surface area contributed by atoms with Gasteiger partial charge in [-0.3, -0.25) is 4.90 Å². The van der Waals surface area contributed by atoms with E-state index in [1.54, 1.807) is 21.3 Å². The molecule has 0 spiro atoms. The summed E-state index contributed by atoms with van der Waals surface area (Å²) in [5.74, 6) is 2.01. The Morgan fingerprint density at radius 2 is 1.65 bits per heavy atom. The molecule has 1 atom stereocenters. The molecule has 3 rings (SSSR count). The number of hydrogen-bond acceptors (Lipinski definition) is 5. The molecule has 1 aliphatic rings. The van der Waals surface area contributed by atoms with E-state index in [9.17, 15) is 0 Å². The third-order valence-corrected chi connectivity index (χ3v) is 4.66. The van der Waals surface area contributed by atoms with E-state index in [2.05, 4.69) is 29.2 Å². The van der Waals surface area contributed by atoms with Crippen LogP contribution in [-0.4, -0.2) is 52.0 Å². The first-order valence-electron chi connectivity index (χ1n) is 8.90. The normalized spacial score (nSPS) is 17.7. The lowest BCUT2D eigenvalue weighted by Crippen LogP contribution is -2.42. The van der Waals surface area contributed by atoms with Crippen molar-refractivity contribution in [2.75, 3.05) is 41.0 Å². The summed E-state index contributed by atoms with van der Waals surface area (Å²) >= 11 is 0. The third-order valence-electron chi connectivity index (χ3n) is 4.66. The minimum atomic E-state index is 0.216. The predicted octanol–water partition coefficient (Wildman–Crippen LogP) is 3.16. The van der Waals surface area contributed by atoms with Crippen LogP contribution in [0, 0.1) is 0 Å². The van der Waals surface area contributed by atoms with Crippen molar-refractivity contribution < 1.29 is 18.9 Å². The maximum absolute atomic E-state index is 5.97. The molecule has 26 heavy (non-hydrogen) atoms. The van der Waals surface area contributed by atoms with Crippen LogP contribution in [0.15, 0.2) is 42.5 Å². The Labute approximate surface area is 155 Å². The minimum Gasteiger partial charge on any atom is -0.493 e. The Hall–Kier alpha value is -2.24. The molecule has 1 fully saturated rings. The number of rotatable bonds is 7. The highest BCUT2D eigenvalue weighted by Crippen LogP contribution is 2.38. The van der Waals surface area contributed by atoms with Gasteiger partial charge in [-0.15, -0.1) is 0 Å². The fourth-order valence-corrected chi connectivity index (χ4v) is 3.41. The molecule has 0 saturated carbocycles. The highest BCUT2D eigenvalue weighted by Gasteiger charge is 2.22. The van der Waals surface area contributed by atoms with Crippen molar-refractivity contribution in [1.29, 1.82) is 0 Å². The zero-order valence-electron chi connectivity index (χ0n) is 15.7. The van der Waals surface area contributed by atoms with Gasteiger partial charge >= 0.3 is 0 Å². The van der Waals surface area contributed by atoms with Crippen molar-refractivity contribution >= 4 is 0 Å². The lowest BCUT2D eigenvalue weighted by molar-refractivity contribution is -0.0305. The number of morpholine rings is 1. The van der Waals surface area contributed by atoms with E-state index < -0.39 is 0 Å². The highest BCUT2D eigenvalue weighted by atomic mass is 16.5. The summed E-state index contributed by atoms with van der Waals surface area (Å²) in [6.45, 7) is 3.40. The second-order valence-corrected chi connectivity index (χ2v) is 6.45. The number of hydrogen-bond donors (Lipinski definition) is 0. The van der Waals surface area contributed by atoms with Gasteiger partial charge < -0.3 is 18.9 Å². The van der Waals surface area contributed by atoms with E-state index in [1.807, 2.05) is 18.2 Å². The van der Waals surface area contributed by atoms with E-state index in [0.29, 0.717) is 17.2 Å². The van der Waals surface area contributed by atoms with Crippen molar-refractivity contribution in [3.05, 3.63) is 53.6 Å². The van der Waals surface area contributed by atoms with Crippen molar-refractivity contribution in [3.8, 4) is 17.2 Å². The van der Waals surface area contributed by atoms with Gasteiger partial charge in [0.15, 0.2) is 11.5 Å². The van der Waals surface area contributed by atoms with Crippen LogP contribution < -0.4 is 14.2 Å². The van der Waals surface area contributed by atoms with Gasteiger partial charge in [0.2, 0.25) is 5.75 Å². The van der Waals surface area contributed by atoms with E-state index in [0.717, 1.165) is 38.2 Å². The maximum Gasteiger partial charge on any atom is 0.203 e. The molecule has 140 valence electrons. The molecule has 0 radical (unpaired) electrons. The Morgan fingerprint density at radius 1 is 0.962 bits per heavy atom.